The van der Waals surface area contributed by atoms with E-state index in [0.29, 0.717) is 0 Å². The fourth-order valence-corrected chi connectivity index (χ4v) is 2.50. The highest BCUT2D eigenvalue weighted by Gasteiger charge is 2.15. The van der Waals surface area contributed by atoms with Crippen molar-refractivity contribution in [3.8, 4) is 5.75 Å². The van der Waals surface area contributed by atoms with Gasteiger partial charge in [-0.1, -0.05) is 0 Å². The van der Waals surface area contributed by atoms with E-state index in [4.69, 9.17) is 9.15 Å². The Labute approximate surface area is 92.7 Å². The number of furan rings is 1. The lowest BCUT2D eigenvalue weighted by atomic mass is 10.1. The lowest BCUT2D eigenvalue weighted by Gasteiger charge is -2.11. The fourth-order valence-electron chi connectivity index (χ4n) is 1.51. The molecule has 3 nitrogen and oxygen atoms in total. The summed E-state index contributed by atoms with van der Waals surface area (Å²) < 4.78 is 10.3. The van der Waals surface area contributed by atoms with Gasteiger partial charge in [0.15, 0.2) is 0 Å². The van der Waals surface area contributed by atoms with Crippen LogP contribution in [-0.2, 0) is 0 Å². The molecule has 0 aliphatic carbocycles. The largest absolute Gasteiger partial charge is 0.496 e. The van der Waals surface area contributed by atoms with Gasteiger partial charge in [-0.05, 0) is 19.2 Å². The van der Waals surface area contributed by atoms with Crippen LogP contribution in [0.4, 0.5) is 0 Å². The summed E-state index contributed by atoms with van der Waals surface area (Å²) in [5.41, 5.74) is 1.13. The third-order valence-electron chi connectivity index (χ3n) is 2.28. The van der Waals surface area contributed by atoms with E-state index in [2.05, 4.69) is 5.32 Å². The molecular weight excluding hydrogens is 210 g/mol. The number of ether oxygens (including phenoxy) is 1. The molecule has 2 rings (SSSR count). The van der Waals surface area contributed by atoms with E-state index in [-0.39, 0.29) is 6.04 Å². The van der Waals surface area contributed by atoms with Crippen molar-refractivity contribution in [3.05, 3.63) is 40.5 Å². The minimum atomic E-state index is 0.178. The van der Waals surface area contributed by atoms with Gasteiger partial charge in [0.05, 0.1) is 25.7 Å². The second-order valence-electron chi connectivity index (χ2n) is 3.17. The summed E-state index contributed by atoms with van der Waals surface area (Å²) in [4.78, 5) is 1.22. The standard InChI is InChI=1S/C11H13NO2S/c1-12-11(8-3-4-14-6-8)10-5-9(13-2)7-15-10/h3-7,11-12H,1-2H3. The number of thiophene rings is 1. The van der Waals surface area contributed by atoms with Gasteiger partial charge in [-0.3, -0.25) is 0 Å². The van der Waals surface area contributed by atoms with Gasteiger partial charge < -0.3 is 14.5 Å². The van der Waals surface area contributed by atoms with Gasteiger partial charge in [0.2, 0.25) is 0 Å². The number of methoxy groups -OCH3 is 1. The molecule has 80 valence electrons. The molecule has 0 saturated carbocycles. The normalized spacial score (nSPS) is 12.7. The predicted octanol–water partition coefficient (Wildman–Crippen LogP) is 2.66. The minimum Gasteiger partial charge on any atom is -0.496 e. The first-order chi connectivity index (χ1) is 7.35. The first kappa shape index (κ1) is 10.3. The Balaban J connectivity index is 2.27. The van der Waals surface area contributed by atoms with Crippen molar-refractivity contribution < 1.29 is 9.15 Å². The van der Waals surface area contributed by atoms with Crippen molar-refractivity contribution in [2.75, 3.05) is 14.2 Å². The third-order valence-corrected chi connectivity index (χ3v) is 3.26. The summed E-state index contributed by atoms with van der Waals surface area (Å²) in [6, 6.07) is 4.18. The topological polar surface area (TPSA) is 34.4 Å². The Morgan fingerprint density at radius 3 is 2.93 bits per heavy atom. The SMILES string of the molecule is CNC(c1ccoc1)c1cc(OC)cs1. The molecule has 0 aliphatic heterocycles. The van der Waals surface area contributed by atoms with Gasteiger partial charge >= 0.3 is 0 Å². The first-order valence-corrected chi connectivity index (χ1v) is 5.55. The van der Waals surface area contributed by atoms with Crippen molar-refractivity contribution >= 4 is 11.3 Å². The van der Waals surface area contributed by atoms with Gasteiger partial charge in [-0.2, -0.15) is 0 Å². The van der Waals surface area contributed by atoms with E-state index in [9.17, 15) is 0 Å². The molecule has 0 aliphatic rings. The molecule has 2 heterocycles. The lowest BCUT2D eigenvalue weighted by Crippen LogP contribution is -2.15. The van der Waals surface area contributed by atoms with Crippen LogP contribution in [0.3, 0.4) is 0 Å². The molecule has 0 spiro atoms. The summed E-state index contributed by atoms with van der Waals surface area (Å²) in [5.74, 6) is 0.902. The Morgan fingerprint density at radius 1 is 1.53 bits per heavy atom. The molecule has 0 amide bonds. The van der Waals surface area contributed by atoms with Crippen LogP contribution in [-0.4, -0.2) is 14.2 Å². The number of hydrogen-bond donors (Lipinski definition) is 1. The molecule has 1 unspecified atom stereocenters. The van der Waals surface area contributed by atoms with Crippen LogP contribution < -0.4 is 10.1 Å². The molecule has 1 N–H and O–H groups in total. The lowest BCUT2D eigenvalue weighted by molar-refractivity contribution is 0.416. The number of nitrogens with one attached hydrogen (secondary N) is 1. The van der Waals surface area contributed by atoms with Gasteiger partial charge in [0.25, 0.3) is 0 Å². The average molecular weight is 223 g/mol. The van der Waals surface area contributed by atoms with Crippen LogP contribution in [0.1, 0.15) is 16.5 Å². The van der Waals surface area contributed by atoms with E-state index in [1.165, 1.54) is 4.88 Å². The average Bonchev–Trinajstić information content (AvgIpc) is 2.89. The maximum absolute atomic E-state index is 5.17. The number of hydrogen-bond acceptors (Lipinski definition) is 4. The van der Waals surface area contributed by atoms with E-state index in [1.807, 2.05) is 24.6 Å². The molecule has 0 saturated heterocycles. The summed E-state index contributed by atoms with van der Waals surface area (Å²) in [7, 11) is 3.61. The van der Waals surface area contributed by atoms with Crippen LogP contribution in [0.5, 0.6) is 5.75 Å². The Hall–Kier alpha value is -1.26. The molecule has 1 atom stereocenters. The maximum atomic E-state index is 5.17. The molecule has 2 aromatic rings. The van der Waals surface area contributed by atoms with Crippen molar-refractivity contribution in [1.29, 1.82) is 0 Å². The molecule has 0 bridgehead atoms. The van der Waals surface area contributed by atoms with E-state index >= 15 is 0 Å². The molecule has 0 fully saturated rings. The first-order valence-electron chi connectivity index (χ1n) is 4.67. The summed E-state index contributed by atoms with van der Waals surface area (Å²) >= 11 is 1.68. The van der Waals surface area contributed by atoms with Crippen molar-refractivity contribution in [2.45, 2.75) is 6.04 Å². The Morgan fingerprint density at radius 2 is 2.40 bits per heavy atom. The van der Waals surface area contributed by atoms with Crippen LogP contribution in [0.25, 0.3) is 0 Å². The molecule has 0 aromatic carbocycles. The highest BCUT2D eigenvalue weighted by atomic mass is 32.1. The summed E-state index contributed by atoms with van der Waals surface area (Å²) in [5, 5.41) is 5.25. The highest BCUT2D eigenvalue weighted by Crippen LogP contribution is 2.30. The van der Waals surface area contributed by atoms with Gasteiger partial charge in [0, 0.05) is 15.8 Å². The van der Waals surface area contributed by atoms with Crippen LogP contribution >= 0.6 is 11.3 Å². The molecular formula is C11H13NO2S. The van der Waals surface area contributed by atoms with Crippen molar-refractivity contribution in [2.24, 2.45) is 0 Å². The zero-order chi connectivity index (χ0) is 10.7. The predicted molar refractivity (Wildman–Crippen MR) is 60.5 cm³/mol. The molecule has 4 heteroatoms. The van der Waals surface area contributed by atoms with E-state index in [0.717, 1.165) is 11.3 Å². The van der Waals surface area contributed by atoms with Gasteiger partial charge in [-0.15, -0.1) is 11.3 Å². The molecule has 2 aromatic heterocycles. The molecule has 0 radical (unpaired) electrons. The van der Waals surface area contributed by atoms with E-state index in [1.54, 1.807) is 31.0 Å². The quantitative estimate of drug-likeness (QED) is 0.865. The summed E-state index contributed by atoms with van der Waals surface area (Å²) in [6.07, 6.45) is 3.44. The second kappa shape index (κ2) is 4.51. The monoisotopic (exact) mass is 223 g/mol. The van der Waals surface area contributed by atoms with Crippen molar-refractivity contribution in [3.63, 3.8) is 0 Å². The highest BCUT2D eigenvalue weighted by molar-refractivity contribution is 7.10. The maximum Gasteiger partial charge on any atom is 0.129 e. The zero-order valence-electron chi connectivity index (χ0n) is 8.69. The van der Waals surface area contributed by atoms with Gasteiger partial charge in [0.1, 0.15) is 5.75 Å². The van der Waals surface area contributed by atoms with E-state index < -0.39 is 0 Å². The Bertz CT molecular complexity index is 408. The fraction of sp³-hybridized carbons (Fsp3) is 0.273. The summed E-state index contributed by atoms with van der Waals surface area (Å²) in [6.45, 7) is 0. The second-order valence-corrected chi connectivity index (χ2v) is 4.11. The van der Waals surface area contributed by atoms with Crippen molar-refractivity contribution in [1.82, 2.24) is 5.32 Å². The van der Waals surface area contributed by atoms with Crippen LogP contribution in [0.15, 0.2) is 34.5 Å². The van der Waals surface area contributed by atoms with Crippen LogP contribution in [0, 0.1) is 0 Å². The third kappa shape index (κ3) is 2.06. The number of rotatable bonds is 4. The smallest absolute Gasteiger partial charge is 0.129 e. The van der Waals surface area contributed by atoms with Crippen LogP contribution in [0.2, 0.25) is 0 Å². The Kier molecular flexibility index (Phi) is 3.08. The van der Waals surface area contributed by atoms with Gasteiger partial charge in [-0.25, -0.2) is 0 Å². The molecule has 15 heavy (non-hydrogen) atoms. The minimum absolute atomic E-state index is 0.178. The zero-order valence-corrected chi connectivity index (χ0v) is 9.51.